The SMILES string of the molecule is CCc1ncc2c(n1)CN(C(=O)c1cc(C)nc3ccc(Cl)cc13)C2. The van der Waals surface area contributed by atoms with E-state index in [1.807, 2.05) is 32.2 Å². The maximum absolute atomic E-state index is 13.2. The van der Waals surface area contributed by atoms with Gasteiger partial charge in [-0.05, 0) is 31.2 Å². The maximum atomic E-state index is 13.2. The third-order valence-corrected chi connectivity index (χ3v) is 4.67. The summed E-state index contributed by atoms with van der Waals surface area (Å²) in [5.74, 6) is 0.777. The first-order valence-corrected chi connectivity index (χ1v) is 8.63. The molecular formula is C19H17ClN4O. The van der Waals surface area contributed by atoms with Gasteiger partial charge in [0.05, 0.1) is 23.3 Å². The minimum Gasteiger partial charge on any atom is -0.328 e. The number of nitrogens with zero attached hydrogens (tertiary/aromatic N) is 4. The lowest BCUT2D eigenvalue weighted by molar-refractivity contribution is 0.0752. The van der Waals surface area contributed by atoms with Gasteiger partial charge in [-0.25, -0.2) is 9.97 Å². The molecule has 0 radical (unpaired) electrons. The highest BCUT2D eigenvalue weighted by Gasteiger charge is 2.27. The largest absolute Gasteiger partial charge is 0.328 e. The Labute approximate surface area is 150 Å². The van der Waals surface area contributed by atoms with Gasteiger partial charge in [0.25, 0.3) is 5.91 Å². The van der Waals surface area contributed by atoms with Crippen LogP contribution in [-0.2, 0) is 19.5 Å². The van der Waals surface area contributed by atoms with Gasteiger partial charge in [0.1, 0.15) is 5.82 Å². The number of aryl methyl sites for hydroxylation is 2. The molecule has 1 aromatic carbocycles. The summed E-state index contributed by atoms with van der Waals surface area (Å²) in [5, 5.41) is 1.37. The van der Waals surface area contributed by atoms with Crippen LogP contribution < -0.4 is 0 Å². The standard InChI is InChI=1S/C19H17ClN4O/c1-3-18-21-8-12-9-24(10-17(12)23-18)19(25)15-6-11(2)22-16-5-4-13(20)7-14(15)16/h4-8H,3,9-10H2,1-2H3. The number of hydrogen-bond donors (Lipinski definition) is 0. The molecule has 1 aliphatic heterocycles. The highest BCUT2D eigenvalue weighted by molar-refractivity contribution is 6.31. The molecule has 0 atom stereocenters. The molecule has 1 aliphatic rings. The summed E-state index contributed by atoms with van der Waals surface area (Å²) < 4.78 is 0. The molecule has 1 amide bonds. The lowest BCUT2D eigenvalue weighted by atomic mass is 10.1. The number of halogens is 1. The average Bonchev–Trinajstić information content (AvgIpc) is 3.03. The van der Waals surface area contributed by atoms with Crippen molar-refractivity contribution in [2.24, 2.45) is 0 Å². The quantitative estimate of drug-likeness (QED) is 0.705. The van der Waals surface area contributed by atoms with E-state index >= 15 is 0 Å². The molecule has 0 bridgehead atoms. The van der Waals surface area contributed by atoms with Crippen LogP contribution in [0.15, 0.2) is 30.5 Å². The van der Waals surface area contributed by atoms with Crippen molar-refractivity contribution in [3.05, 3.63) is 63.8 Å². The Morgan fingerprint density at radius 3 is 2.88 bits per heavy atom. The summed E-state index contributed by atoms with van der Waals surface area (Å²) in [7, 11) is 0. The van der Waals surface area contributed by atoms with E-state index in [0.29, 0.717) is 23.7 Å². The van der Waals surface area contributed by atoms with Crippen molar-refractivity contribution < 1.29 is 4.79 Å². The van der Waals surface area contributed by atoms with Crippen LogP contribution in [0.2, 0.25) is 5.02 Å². The van der Waals surface area contributed by atoms with Gasteiger partial charge in [-0.15, -0.1) is 0 Å². The molecule has 6 heteroatoms. The summed E-state index contributed by atoms with van der Waals surface area (Å²) >= 11 is 6.13. The van der Waals surface area contributed by atoms with E-state index in [1.165, 1.54) is 0 Å². The molecule has 0 aliphatic carbocycles. The molecule has 0 saturated heterocycles. The summed E-state index contributed by atoms with van der Waals surface area (Å²) in [6.07, 6.45) is 2.62. The van der Waals surface area contributed by atoms with Gasteiger partial charge in [-0.1, -0.05) is 18.5 Å². The molecule has 4 rings (SSSR count). The summed E-state index contributed by atoms with van der Waals surface area (Å²) in [6.45, 7) is 4.95. The van der Waals surface area contributed by atoms with Crippen molar-refractivity contribution in [1.82, 2.24) is 19.9 Å². The number of carbonyl (C=O) groups is 1. The van der Waals surface area contributed by atoms with Crippen LogP contribution in [0.3, 0.4) is 0 Å². The van der Waals surface area contributed by atoms with Crippen molar-refractivity contribution in [2.45, 2.75) is 33.4 Å². The molecule has 5 nitrogen and oxygen atoms in total. The summed E-state index contributed by atoms with van der Waals surface area (Å²) in [6, 6.07) is 7.26. The highest BCUT2D eigenvalue weighted by atomic mass is 35.5. The van der Waals surface area contributed by atoms with Crippen LogP contribution in [-0.4, -0.2) is 25.8 Å². The van der Waals surface area contributed by atoms with Gasteiger partial charge in [0.15, 0.2) is 0 Å². The van der Waals surface area contributed by atoms with E-state index in [9.17, 15) is 4.79 Å². The van der Waals surface area contributed by atoms with Gasteiger partial charge in [-0.3, -0.25) is 9.78 Å². The Hall–Kier alpha value is -2.53. The van der Waals surface area contributed by atoms with Crippen LogP contribution in [0.5, 0.6) is 0 Å². The molecular weight excluding hydrogens is 336 g/mol. The van der Waals surface area contributed by atoms with E-state index in [0.717, 1.165) is 40.1 Å². The fraction of sp³-hybridized carbons (Fsp3) is 0.263. The Morgan fingerprint density at radius 2 is 2.08 bits per heavy atom. The lowest BCUT2D eigenvalue weighted by Crippen LogP contribution is -2.25. The first kappa shape index (κ1) is 16.0. The van der Waals surface area contributed by atoms with E-state index in [2.05, 4.69) is 15.0 Å². The number of hydrogen-bond acceptors (Lipinski definition) is 4. The highest BCUT2D eigenvalue weighted by Crippen LogP contribution is 2.27. The van der Waals surface area contributed by atoms with Crippen LogP contribution in [0.25, 0.3) is 10.9 Å². The average molecular weight is 353 g/mol. The number of benzene rings is 1. The normalized spacial score (nSPS) is 13.3. The summed E-state index contributed by atoms with van der Waals surface area (Å²) in [4.78, 5) is 28.3. The molecule has 2 aromatic heterocycles. The van der Waals surface area contributed by atoms with Gasteiger partial charge < -0.3 is 4.90 Å². The first-order valence-electron chi connectivity index (χ1n) is 8.25. The minimum absolute atomic E-state index is 0.0335. The number of pyridine rings is 1. The number of fused-ring (bicyclic) bond motifs is 2. The zero-order valence-corrected chi connectivity index (χ0v) is 14.8. The Bertz CT molecular complexity index is 1000. The monoisotopic (exact) mass is 352 g/mol. The van der Waals surface area contributed by atoms with Crippen LogP contribution >= 0.6 is 11.6 Å². The third kappa shape index (κ3) is 2.85. The molecule has 0 N–H and O–H groups in total. The molecule has 0 spiro atoms. The second-order valence-electron chi connectivity index (χ2n) is 6.25. The zero-order valence-electron chi connectivity index (χ0n) is 14.1. The predicted octanol–water partition coefficient (Wildman–Crippen LogP) is 3.71. The number of carbonyl (C=O) groups excluding carboxylic acids is 1. The molecule has 0 saturated carbocycles. The van der Waals surface area contributed by atoms with Gasteiger partial charge in [0.2, 0.25) is 0 Å². The van der Waals surface area contributed by atoms with Crippen molar-refractivity contribution in [1.29, 1.82) is 0 Å². The fourth-order valence-electron chi connectivity index (χ4n) is 3.19. The van der Waals surface area contributed by atoms with E-state index < -0.39 is 0 Å². The Balaban J connectivity index is 1.73. The van der Waals surface area contributed by atoms with Crippen LogP contribution in [0, 0.1) is 6.92 Å². The van der Waals surface area contributed by atoms with E-state index in [4.69, 9.17) is 11.6 Å². The molecule has 0 fully saturated rings. The second-order valence-corrected chi connectivity index (χ2v) is 6.68. The Morgan fingerprint density at radius 1 is 1.24 bits per heavy atom. The third-order valence-electron chi connectivity index (χ3n) is 4.44. The lowest BCUT2D eigenvalue weighted by Gasteiger charge is -2.17. The van der Waals surface area contributed by atoms with Gasteiger partial charge in [0, 0.05) is 40.8 Å². The van der Waals surface area contributed by atoms with Crippen LogP contribution in [0.1, 0.15) is 40.1 Å². The van der Waals surface area contributed by atoms with Crippen molar-refractivity contribution in [3.63, 3.8) is 0 Å². The van der Waals surface area contributed by atoms with Crippen molar-refractivity contribution >= 4 is 28.4 Å². The van der Waals surface area contributed by atoms with E-state index in [-0.39, 0.29) is 5.91 Å². The number of rotatable bonds is 2. The second kappa shape index (κ2) is 6.08. The van der Waals surface area contributed by atoms with E-state index in [1.54, 1.807) is 17.0 Å². The van der Waals surface area contributed by atoms with Crippen molar-refractivity contribution in [3.8, 4) is 0 Å². The molecule has 25 heavy (non-hydrogen) atoms. The molecule has 0 unspecified atom stereocenters. The van der Waals surface area contributed by atoms with Gasteiger partial charge >= 0.3 is 0 Å². The topological polar surface area (TPSA) is 59.0 Å². The zero-order chi connectivity index (χ0) is 17.6. The molecule has 3 heterocycles. The first-order chi connectivity index (χ1) is 12.0. The predicted molar refractivity (Wildman–Crippen MR) is 96.5 cm³/mol. The van der Waals surface area contributed by atoms with Crippen LogP contribution in [0.4, 0.5) is 0 Å². The van der Waals surface area contributed by atoms with Crippen molar-refractivity contribution in [2.75, 3.05) is 0 Å². The Kier molecular flexibility index (Phi) is 3.88. The fourth-order valence-corrected chi connectivity index (χ4v) is 3.36. The van der Waals surface area contributed by atoms with Gasteiger partial charge in [-0.2, -0.15) is 0 Å². The smallest absolute Gasteiger partial charge is 0.255 e. The molecule has 3 aromatic rings. The molecule has 126 valence electrons. The summed E-state index contributed by atoms with van der Waals surface area (Å²) in [5.41, 5.74) is 4.16. The number of aromatic nitrogens is 3. The maximum Gasteiger partial charge on any atom is 0.255 e. The number of amides is 1. The minimum atomic E-state index is -0.0335.